The Labute approximate surface area is 192 Å². The van der Waals surface area contributed by atoms with Crippen LogP contribution in [-0.2, 0) is 11.2 Å². The highest BCUT2D eigenvalue weighted by Crippen LogP contribution is 2.19. The molecular formula is C21H37IN4O3. The maximum atomic E-state index is 10.7. The number of guanidine groups is 1. The van der Waals surface area contributed by atoms with E-state index in [-0.39, 0.29) is 24.0 Å². The van der Waals surface area contributed by atoms with Crippen molar-refractivity contribution in [3.63, 3.8) is 0 Å². The Morgan fingerprint density at radius 1 is 1.31 bits per heavy atom. The van der Waals surface area contributed by atoms with Crippen LogP contribution in [0.3, 0.4) is 0 Å². The van der Waals surface area contributed by atoms with Crippen LogP contribution in [0.1, 0.15) is 25.0 Å². The van der Waals surface area contributed by atoms with Gasteiger partial charge in [-0.25, -0.2) is 0 Å². The predicted molar refractivity (Wildman–Crippen MR) is 129 cm³/mol. The summed E-state index contributed by atoms with van der Waals surface area (Å²) in [5.41, 5.74) is 1.51. The van der Waals surface area contributed by atoms with Crippen molar-refractivity contribution in [3.05, 3.63) is 29.3 Å². The fourth-order valence-corrected chi connectivity index (χ4v) is 3.30. The molecule has 8 heteroatoms. The van der Waals surface area contributed by atoms with E-state index in [1.54, 1.807) is 7.11 Å². The highest BCUT2D eigenvalue weighted by molar-refractivity contribution is 14.0. The molecule has 0 bridgehead atoms. The molecule has 1 saturated heterocycles. The molecule has 3 N–H and O–H groups in total. The topological polar surface area (TPSA) is 78.4 Å². The van der Waals surface area contributed by atoms with Gasteiger partial charge in [0.25, 0.3) is 0 Å². The third-order valence-electron chi connectivity index (χ3n) is 4.71. The number of aryl methyl sites for hydroxylation is 1. The van der Waals surface area contributed by atoms with Crippen molar-refractivity contribution >= 4 is 29.9 Å². The van der Waals surface area contributed by atoms with E-state index in [1.807, 2.05) is 19.9 Å². The zero-order chi connectivity index (χ0) is 20.4. The monoisotopic (exact) mass is 520 g/mol. The first-order valence-corrected chi connectivity index (χ1v) is 10.1. The number of hydrogen-bond donors (Lipinski definition) is 3. The van der Waals surface area contributed by atoms with Gasteiger partial charge in [-0.3, -0.25) is 9.89 Å². The number of aliphatic imine (C=N–C) groups is 1. The van der Waals surface area contributed by atoms with Crippen molar-refractivity contribution in [2.24, 2.45) is 4.99 Å². The molecule has 1 aliphatic heterocycles. The van der Waals surface area contributed by atoms with Gasteiger partial charge in [-0.1, -0.05) is 17.7 Å². The third-order valence-corrected chi connectivity index (χ3v) is 4.71. The molecule has 0 spiro atoms. The third kappa shape index (κ3) is 9.50. The van der Waals surface area contributed by atoms with Crippen LogP contribution in [0.5, 0.6) is 5.75 Å². The molecule has 1 atom stereocenters. The number of aliphatic hydroxyl groups is 1. The summed E-state index contributed by atoms with van der Waals surface area (Å²) in [6.45, 7) is 11.6. The molecule has 1 unspecified atom stereocenters. The van der Waals surface area contributed by atoms with Gasteiger partial charge in [-0.2, -0.15) is 0 Å². The zero-order valence-electron chi connectivity index (χ0n) is 18.2. The lowest BCUT2D eigenvalue weighted by Gasteiger charge is -2.33. The van der Waals surface area contributed by atoms with Gasteiger partial charge in [0.2, 0.25) is 0 Å². The summed E-state index contributed by atoms with van der Waals surface area (Å²) in [6.07, 6.45) is 0.833. The van der Waals surface area contributed by atoms with Crippen LogP contribution < -0.4 is 15.4 Å². The minimum absolute atomic E-state index is 0. The fourth-order valence-electron chi connectivity index (χ4n) is 3.30. The Morgan fingerprint density at radius 2 is 2.03 bits per heavy atom. The molecule has 2 rings (SSSR count). The molecule has 1 fully saturated rings. The second-order valence-corrected chi connectivity index (χ2v) is 7.57. The second-order valence-electron chi connectivity index (χ2n) is 7.57. The summed E-state index contributed by atoms with van der Waals surface area (Å²) in [6, 6.07) is 6.21. The Morgan fingerprint density at radius 3 is 2.69 bits per heavy atom. The van der Waals surface area contributed by atoms with Crippen molar-refractivity contribution in [1.82, 2.24) is 15.5 Å². The first kappa shape index (κ1) is 25.9. The number of halogens is 1. The summed E-state index contributed by atoms with van der Waals surface area (Å²) in [7, 11) is 1.70. The summed E-state index contributed by atoms with van der Waals surface area (Å²) < 4.78 is 10.8. The Hall–Kier alpha value is -1.10. The van der Waals surface area contributed by atoms with Crippen LogP contribution in [0.25, 0.3) is 0 Å². The Balaban J connectivity index is 0.00000420. The standard InChI is InChI=1S/C21H36N4O3.HI/c1-5-22-20(23-9-8-18-14-17(2)6-7-19(18)27-4)24-15-21(3,26)16-25-10-12-28-13-11-25;/h6-7,14,26H,5,8-13,15-16H2,1-4H3,(H2,22,23,24);1H. The van der Waals surface area contributed by atoms with Gasteiger partial charge in [-0.05, 0) is 38.8 Å². The van der Waals surface area contributed by atoms with Crippen molar-refractivity contribution in [3.8, 4) is 5.75 Å². The van der Waals surface area contributed by atoms with Crippen LogP contribution in [0.2, 0.25) is 0 Å². The second kappa shape index (κ2) is 13.3. The van der Waals surface area contributed by atoms with E-state index >= 15 is 0 Å². The molecule has 166 valence electrons. The lowest BCUT2D eigenvalue weighted by molar-refractivity contribution is -0.0179. The molecule has 0 amide bonds. The predicted octanol–water partition coefficient (Wildman–Crippen LogP) is 1.80. The molecule has 0 aliphatic carbocycles. The van der Waals surface area contributed by atoms with Crippen molar-refractivity contribution in [1.29, 1.82) is 0 Å². The minimum Gasteiger partial charge on any atom is -0.496 e. The van der Waals surface area contributed by atoms with E-state index < -0.39 is 5.60 Å². The van der Waals surface area contributed by atoms with Crippen LogP contribution in [-0.4, -0.2) is 81.2 Å². The van der Waals surface area contributed by atoms with Crippen LogP contribution in [0, 0.1) is 6.92 Å². The zero-order valence-corrected chi connectivity index (χ0v) is 20.5. The average Bonchev–Trinajstić information content (AvgIpc) is 2.67. The first-order chi connectivity index (χ1) is 13.4. The lowest BCUT2D eigenvalue weighted by Crippen LogP contribution is -2.48. The smallest absolute Gasteiger partial charge is 0.191 e. The van der Waals surface area contributed by atoms with Gasteiger partial charge >= 0.3 is 0 Å². The van der Waals surface area contributed by atoms with E-state index in [9.17, 15) is 5.11 Å². The van der Waals surface area contributed by atoms with Gasteiger partial charge in [0.05, 0.1) is 32.5 Å². The molecular weight excluding hydrogens is 483 g/mol. The number of β-amino-alcohol motifs (C(OH)–C–C–N with tert-alkyl or cyclic N) is 1. The fraction of sp³-hybridized carbons (Fsp3) is 0.667. The van der Waals surface area contributed by atoms with Crippen LogP contribution in [0.15, 0.2) is 23.2 Å². The average molecular weight is 520 g/mol. The van der Waals surface area contributed by atoms with E-state index in [1.165, 1.54) is 11.1 Å². The van der Waals surface area contributed by atoms with E-state index in [2.05, 4.69) is 39.6 Å². The largest absolute Gasteiger partial charge is 0.496 e. The van der Waals surface area contributed by atoms with Gasteiger partial charge < -0.3 is 25.2 Å². The van der Waals surface area contributed by atoms with Crippen LogP contribution >= 0.6 is 24.0 Å². The van der Waals surface area contributed by atoms with Gasteiger partial charge in [0.1, 0.15) is 5.75 Å². The van der Waals surface area contributed by atoms with Gasteiger partial charge in [-0.15, -0.1) is 24.0 Å². The number of rotatable bonds is 9. The number of ether oxygens (including phenoxy) is 2. The molecule has 0 aromatic heterocycles. The quantitative estimate of drug-likeness (QED) is 0.262. The lowest BCUT2D eigenvalue weighted by atomic mass is 10.1. The van der Waals surface area contributed by atoms with Crippen LogP contribution in [0.4, 0.5) is 0 Å². The summed E-state index contributed by atoms with van der Waals surface area (Å²) >= 11 is 0. The molecule has 29 heavy (non-hydrogen) atoms. The first-order valence-electron chi connectivity index (χ1n) is 10.1. The normalized spacial score (nSPS) is 17.2. The number of hydrogen-bond acceptors (Lipinski definition) is 5. The minimum atomic E-state index is -0.876. The summed E-state index contributed by atoms with van der Waals surface area (Å²) in [4.78, 5) is 6.82. The van der Waals surface area contributed by atoms with E-state index in [0.717, 1.165) is 57.5 Å². The Bertz CT molecular complexity index is 634. The van der Waals surface area contributed by atoms with Crippen molar-refractivity contribution in [2.45, 2.75) is 32.8 Å². The number of morpholine rings is 1. The molecule has 0 saturated carbocycles. The van der Waals surface area contributed by atoms with Gasteiger partial charge in [0, 0.05) is 32.7 Å². The highest BCUT2D eigenvalue weighted by atomic mass is 127. The summed E-state index contributed by atoms with van der Waals surface area (Å²) in [5, 5.41) is 17.3. The number of benzene rings is 1. The maximum Gasteiger partial charge on any atom is 0.191 e. The number of nitrogens with zero attached hydrogens (tertiary/aromatic N) is 2. The molecule has 1 aliphatic rings. The molecule has 1 heterocycles. The SMILES string of the molecule is CCNC(=NCC(C)(O)CN1CCOCC1)NCCc1cc(C)ccc1OC.I. The Kier molecular flexibility index (Phi) is 11.9. The molecule has 1 aromatic carbocycles. The maximum absolute atomic E-state index is 10.7. The van der Waals surface area contributed by atoms with E-state index in [4.69, 9.17) is 9.47 Å². The summed E-state index contributed by atoms with van der Waals surface area (Å²) in [5.74, 6) is 1.62. The molecule has 0 radical (unpaired) electrons. The van der Waals surface area contributed by atoms with E-state index in [0.29, 0.717) is 13.1 Å². The van der Waals surface area contributed by atoms with Crippen molar-refractivity contribution < 1.29 is 14.6 Å². The molecule has 7 nitrogen and oxygen atoms in total. The molecule has 1 aromatic rings. The highest BCUT2D eigenvalue weighted by Gasteiger charge is 2.25. The van der Waals surface area contributed by atoms with Crippen molar-refractivity contribution in [2.75, 3.05) is 59.6 Å². The number of methoxy groups -OCH3 is 1. The number of nitrogens with one attached hydrogen (secondary N) is 2. The van der Waals surface area contributed by atoms with Gasteiger partial charge in [0.15, 0.2) is 5.96 Å².